The van der Waals surface area contributed by atoms with Gasteiger partial charge in [0.1, 0.15) is 11.6 Å². The standard InChI is InChI=1S/C15H25N3/c1-11-8-9-13-17-14(15(16)18(13)10-11)12-6-4-2-3-5-7-12/h11-12H,2-10,16H2,1H3. The summed E-state index contributed by atoms with van der Waals surface area (Å²) in [5.74, 6) is 3.59. The van der Waals surface area contributed by atoms with E-state index in [1.54, 1.807) is 0 Å². The maximum absolute atomic E-state index is 6.37. The van der Waals surface area contributed by atoms with E-state index >= 15 is 0 Å². The van der Waals surface area contributed by atoms with Crippen molar-refractivity contribution in [3.8, 4) is 0 Å². The second-order valence-corrected chi connectivity index (χ2v) is 6.24. The molecule has 1 aromatic heterocycles. The second-order valence-electron chi connectivity index (χ2n) is 6.24. The van der Waals surface area contributed by atoms with Gasteiger partial charge in [-0.2, -0.15) is 0 Å². The number of aryl methyl sites for hydroxylation is 1. The van der Waals surface area contributed by atoms with E-state index in [1.807, 2.05) is 0 Å². The third-order valence-electron chi connectivity index (χ3n) is 4.71. The number of nitrogen functional groups attached to an aromatic ring is 1. The average molecular weight is 247 g/mol. The number of nitrogens with two attached hydrogens (primary N) is 1. The van der Waals surface area contributed by atoms with Crippen LogP contribution < -0.4 is 5.73 Å². The molecular formula is C15H25N3. The number of imidazole rings is 1. The van der Waals surface area contributed by atoms with Crippen LogP contribution in [0.15, 0.2) is 0 Å². The Bertz CT molecular complexity index is 414. The minimum atomic E-state index is 0.626. The molecule has 1 unspecified atom stereocenters. The molecule has 1 aromatic rings. The minimum Gasteiger partial charge on any atom is -0.384 e. The topological polar surface area (TPSA) is 43.8 Å². The van der Waals surface area contributed by atoms with Gasteiger partial charge in [-0.05, 0) is 25.2 Å². The predicted molar refractivity (Wildman–Crippen MR) is 74.6 cm³/mol. The summed E-state index contributed by atoms with van der Waals surface area (Å²) >= 11 is 0. The lowest BCUT2D eigenvalue weighted by Crippen LogP contribution is -2.19. The van der Waals surface area contributed by atoms with Gasteiger partial charge in [0, 0.05) is 18.9 Å². The summed E-state index contributed by atoms with van der Waals surface area (Å²) in [6.45, 7) is 3.38. The summed E-state index contributed by atoms with van der Waals surface area (Å²) in [6, 6.07) is 0. The quantitative estimate of drug-likeness (QED) is 0.772. The second kappa shape index (κ2) is 4.94. The van der Waals surface area contributed by atoms with Crippen molar-refractivity contribution in [1.82, 2.24) is 9.55 Å². The van der Waals surface area contributed by atoms with Crippen LogP contribution in [0.5, 0.6) is 0 Å². The molecule has 1 aliphatic heterocycles. The van der Waals surface area contributed by atoms with Gasteiger partial charge in [0.2, 0.25) is 0 Å². The molecule has 1 atom stereocenters. The van der Waals surface area contributed by atoms with Crippen LogP contribution in [0.1, 0.15) is 69.3 Å². The largest absolute Gasteiger partial charge is 0.384 e. The number of fused-ring (bicyclic) bond motifs is 1. The number of aromatic nitrogens is 2. The van der Waals surface area contributed by atoms with Crippen molar-refractivity contribution in [2.45, 2.75) is 70.8 Å². The summed E-state index contributed by atoms with van der Waals surface area (Å²) in [5, 5.41) is 0. The van der Waals surface area contributed by atoms with Crippen molar-refractivity contribution in [2.24, 2.45) is 5.92 Å². The molecule has 18 heavy (non-hydrogen) atoms. The van der Waals surface area contributed by atoms with Crippen molar-refractivity contribution in [3.05, 3.63) is 11.5 Å². The normalized spacial score (nSPS) is 25.7. The van der Waals surface area contributed by atoms with E-state index in [9.17, 15) is 0 Å². The van der Waals surface area contributed by atoms with E-state index in [1.165, 1.54) is 56.5 Å². The monoisotopic (exact) mass is 247 g/mol. The zero-order chi connectivity index (χ0) is 12.5. The van der Waals surface area contributed by atoms with E-state index in [-0.39, 0.29) is 0 Å². The van der Waals surface area contributed by atoms with Crippen LogP contribution in [0.4, 0.5) is 5.82 Å². The van der Waals surface area contributed by atoms with Crippen LogP contribution in [0, 0.1) is 5.92 Å². The molecule has 2 heterocycles. The summed E-state index contributed by atoms with van der Waals surface area (Å²) in [5.41, 5.74) is 7.59. The maximum Gasteiger partial charge on any atom is 0.127 e. The Kier molecular flexibility index (Phi) is 3.31. The van der Waals surface area contributed by atoms with Gasteiger partial charge in [-0.1, -0.05) is 32.6 Å². The van der Waals surface area contributed by atoms with Crippen LogP contribution in [0.25, 0.3) is 0 Å². The zero-order valence-corrected chi connectivity index (χ0v) is 11.5. The highest BCUT2D eigenvalue weighted by molar-refractivity contribution is 5.41. The molecule has 3 rings (SSSR count). The molecular weight excluding hydrogens is 222 g/mol. The Morgan fingerprint density at radius 3 is 2.56 bits per heavy atom. The first-order valence-electron chi connectivity index (χ1n) is 7.60. The van der Waals surface area contributed by atoms with Gasteiger partial charge >= 0.3 is 0 Å². The van der Waals surface area contributed by atoms with Gasteiger partial charge in [-0.15, -0.1) is 0 Å². The number of rotatable bonds is 1. The van der Waals surface area contributed by atoms with Crippen molar-refractivity contribution >= 4 is 5.82 Å². The molecule has 0 bridgehead atoms. The van der Waals surface area contributed by atoms with Gasteiger partial charge in [-0.25, -0.2) is 4.98 Å². The maximum atomic E-state index is 6.37. The van der Waals surface area contributed by atoms with Crippen molar-refractivity contribution < 1.29 is 0 Å². The summed E-state index contributed by atoms with van der Waals surface area (Å²) in [4.78, 5) is 4.89. The average Bonchev–Trinajstić information content (AvgIpc) is 2.59. The molecule has 0 saturated heterocycles. The lowest BCUT2D eigenvalue weighted by atomic mass is 9.96. The number of hydrogen-bond acceptors (Lipinski definition) is 2. The Labute approximate surface area is 110 Å². The molecule has 0 spiro atoms. The summed E-state index contributed by atoms with van der Waals surface area (Å²) in [7, 11) is 0. The van der Waals surface area contributed by atoms with Crippen LogP contribution in [0.3, 0.4) is 0 Å². The smallest absolute Gasteiger partial charge is 0.127 e. The molecule has 100 valence electrons. The molecule has 1 fully saturated rings. The van der Waals surface area contributed by atoms with Gasteiger partial charge in [0.15, 0.2) is 0 Å². The van der Waals surface area contributed by atoms with Gasteiger partial charge < -0.3 is 10.3 Å². The lowest BCUT2D eigenvalue weighted by Gasteiger charge is -2.21. The van der Waals surface area contributed by atoms with Crippen molar-refractivity contribution in [3.63, 3.8) is 0 Å². The van der Waals surface area contributed by atoms with E-state index in [0.29, 0.717) is 5.92 Å². The van der Waals surface area contributed by atoms with Crippen molar-refractivity contribution in [2.75, 3.05) is 5.73 Å². The zero-order valence-electron chi connectivity index (χ0n) is 11.5. The fourth-order valence-corrected chi connectivity index (χ4v) is 3.56. The highest BCUT2D eigenvalue weighted by Crippen LogP contribution is 2.36. The number of anilines is 1. The van der Waals surface area contributed by atoms with Gasteiger partial charge in [-0.3, -0.25) is 0 Å². The van der Waals surface area contributed by atoms with Crippen LogP contribution in [-0.4, -0.2) is 9.55 Å². The van der Waals surface area contributed by atoms with Gasteiger partial charge in [0.25, 0.3) is 0 Å². The summed E-state index contributed by atoms with van der Waals surface area (Å²) in [6.07, 6.45) is 10.4. The first-order chi connectivity index (χ1) is 8.75. The van der Waals surface area contributed by atoms with Crippen LogP contribution in [0.2, 0.25) is 0 Å². The Balaban J connectivity index is 1.88. The number of nitrogens with zero attached hydrogens (tertiary/aromatic N) is 2. The van der Waals surface area contributed by atoms with Crippen LogP contribution >= 0.6 is 0 Å². The predicted octanol–water partition coefficient (Wildman–Crippen LogP) is 3.49. The third-order valence-corrected chi connectivity index (χ3v) is 4.71. The van der Waals surface area contributed by atoms with Gasteiger partial charge in [0.05, 0.1) is 5.69 Å². The molecule has 1 aliphatic carbocycles. The fraction of sp³-hybridized carbons (Fsp3) is 0.800. The molecule has 0 radical (unpaired) electrons. The minimum absolute atomic E-state index is 0.626. The Morgan fingerprint density at radius 2 is 1.83 bits per heavy atom. The van der Waals surface area contributed by atoms with Crippen molar-refractivity contribution in [1.29, 1.82) is 0 Å². The molecule has 0 amide bonds. The van der Waals surface area contributed by atoms with E-state index in [2.05, 4.69) is 11.5 Å². The van der Waals surface area contributed by atoms with E-state index in [4.69, 9.17) is 10.7 Å². The Hall–Kier alpha value is -0.990. The highest BCUT2D eigenvalue weighted by atomic mass is 15.2. The molecule has 3 nitrogen and oxygen atoms in total. The Morgan fingerprint density at radius 1 is 1.11 bits per heavy atom. The van der Waals surface area contributed by atoms with E-state index < -0.39 is 0 Å². The molecule has 1 saturated carbocycles. The molecule has 2 N–H and O–H groups in total. The first kappa shape index (κ1) is 12.1. The summed E-state index contributed by atoms with van der Waals surface area (Å²) < 4.78 is 2.29. The highest BCUT2D eigenvalue weighted by Gasteiger charge is 2.26. The molecule has 0 aromatic carbocycles. The van der Waals surface area contributed by atoms with E-state index in [0.717, 1.165) is 24.7 Å². The molecule has 3 heteroatoms. The molecule has 2 aliphatic rings. The third kappa shape index (κ3) is 2.15. The first-order valence-corrected chi connectivity index (χ1v) is 7.60. The lowest BCUT2D eigenvalue weighted by molar-refractivity contribution is 0.397. The fourth-order valence-electron chi connectivity index (χ4n) is 3.56. The SMILES string of the molecule is CC1CCc2nc(C3CCCCCC3)c(N)n2C1. The number of hydrogen-bond donors (Lipinski definition) is 1. The van der Waals surface area contributed by atoms with Crippen LogP contribution in [-0.2, 0) is 13.0 Å².